The molecule has 0 saturated heterocycles. The van der Waals surface area contributed by atoms with Gasteiger partial charge in [-0.25, -0.2) is 9.97 Å². The molecule has 0 aliphatic carbocycles. The van der Waals surface area contributed by atoms with Gasteiger partial charge in [0.25, 0.3) is 0 Å². The average Bonchev–Trinajstić information content (AvgIpc) is 2.47. The van der Waals surface area contributed by atoms with E-state index in [0.29, 0.717) is 5.92 Å². The summed E-state index contributed by atoms with van der Waals surface area (Å²) in [5.74, 6) is 1.58. The summed E-state index contributed by atoms with van der Waals surface area (Å²) in [4.78, 5) is 8.63. The van der Waals surface area contributed by atoms with Gasteiger partial charge in [0, 0.05) is 17.6 Å². The third-order valence-electron chi connectivity index (χ3n) is 3.76. The third-order valence-corrected chi connectivity index (χ3v) is 3.76. The highest BCUT2D eigenvalue weighted by atomic mass is 15.0. The van der Waals surface area contributed by atoms with Crippen molar-refractivity contribution in [3.8, 4) is 0 Å². The Morgan fingerprint density at radius 1 is 1.25 bits per heavy atom. The van der Waals surface area contributed by atoms with Crippen LogP contribution in [-0.4, -0.2) is 16.5 Å². The number of hydrogen-bond acceptors (Lipinski definition) is 4. The van der Waals surface area contributed by atoms with E-state index in [1.165, 1.54) is 25.7 Å². The van der Waals surface area contributed by atoms with E-state index in [4.69, 9.17) is 5.73 Å². The summed E-state index contributed by atoms with van der Waals surface area (Å²) in [7, 11) is 0. The maximum absolute atomic E-state index is 5.86. The number of aromatic nitrogens is 2. The molecule has 1 unspecified atom stereocenters. The molecule has 0 spiro atoms. The predicted molar refractivity (Wildman–Crippen MR) is 85.7 cm³/mol. The van der Waals surface area contributed by atoms with E-state index in [1.54, 1.807) is 6.33 Å². The fraction of sp³-hybridized carbons (Fsp3) is 0.500. The summed E-state index contributed by atoms with van der Waals surface area (Å²) in [6, 6.07) is 5.74. The molecule has 20 heavy (non-hydrogen) atoms. The van der Waals surface area contributed by atoms with Crippen LogP contribution < -0.4 is 11.1 Å². The second kappa shape index (κ2) is 7.08. The number of fused-ring (bicyclic) bond motifs is 1. The first-order chi connectivity index (χ1) is 9.74. The molecule has 1 aromatic heterocycles. The second-order valence-corrected chi connectivity index (χ2v) is 5.30. The molecular formula is C16H24N4. The molecule has 1 heterocycles. The van der Waals surface area contributed by atoms with Crippen LogP contribution >= 0.6 is 0 Å². The number of nitrogens with one attached hydrogen (secondary N) is 1. The van der Waals surface area contributed by atoms with Crippen LogP contribution in [0, 0.1) is 5.92 Å². The molecule has 0 amide bonds. The molecule has 0 aliphatic heterocycles. The fourth-order valence-corrected chi connectivity index (χ4v) is 2.40. The highest BCUT2D eigenvalue weighted by molar-refractivity contribution is 5.91. The van der Waals surface area contributed by atoms with Crippen molar-refractivity contribution >= 4 is 22.4 Å². The van der Waals surface area contributed by atoms with Crippen molar-refractivity contribution in [2.75, 3.05) is 17.6 Å². The van der Waals surface area contributed by atoms with Crippen LogP contribution in [0.25, 0.3) is 10.9 Å². The molecule has 0 fully saturated rings. The molecule has 4 nitrogen and oxygen atoms in total. The minimum absolute atomic E-state index is 0.695. The van der Waals surface area contributed by atoms with Crippen molar-refractivity contribution in [3.05, 3.63) is 24.5 Å². The van der Waals surface area contributed by atoms with Gasteiger partial charge >= 0.3 is 0 Å². The summed E-state index contributed by atoms with van der Waals surface area (Å²) in [5, 5.41) is 4.47. The Bertz CT molecular complexity index is 553. The predicted octanol–water partition coefficient (Wildman–Crippen LogP) is 3.84. The lowest BCUT2D eigenvalue weighted by Crippen LogP contribution is -2.14. The van der Waals surface area contributed by atoms with Crippen molar-refractivity contribution in [2.24, 2.45) is 5.92 Å². The highest BCUT2D eigenvalue weighted by Gasteiger charge is 2.08. The SMILES string of the molecule is CCCCC(CC)CNc1ncnc2ccc(N)cc12. The molecule has 2 aromatic rings. The molecule has 0 aliphatic rings. The van der Waals surface area contributed by atoms with E-state index in [0.717, 1.165) is 29.0 Å². The number of anilines is 2. The Morgan fingerprint density at radius 3 is 2.85 bits per heavy atom. The van der Waals surface area contributed by atoms with Crippen molar-refractivity contribution in [1.82, 2.24) is 9.97 Å². The van der Waals surface area contributed by atoms with Gasteiger partial charge in [-0.05, 0) is 30.5 Å². The lowest BCUT2D eigenvalue weighted by atomic mass is 9.99. The average molecular weight is 272 g/mol. The molecular weight excluding hydrogens is 248 g/mol. The highest BCUT2D eigenvalue weighted by Crippen LogP contribution is 2.22. The zero-order valence-electron chi connectivity index (χ0n) is 12.4. The molecule has 108 valence electrons. The number of unbranched alkanes of at least 4 members (excludes halogenated alkanes) is 1. The number of nitrogen functional groups attached to an aromatic ring is 1. The van der Waals surface area contributed by atoms with Crippen molar-refractivity contribution in [1.29, 1.82) is 0 Å². The standard InChI is InChI=1S/C16H24N4/c1-3-5-6-12(4-2)10-18-16-14-9-13(17)7-8-15(14)19-11-20-16/h7-9,11-12H,3-6,10,17H2,1-2H3,(H,18,19,20). The second-order valence-electron chi connectivity index (χ2n) is 5.30. The Labute approximate surface area is 120 Å². The molecule has 2 rings (SSSR count). The van der Waals surface area contributed by atoms with Gasteiger partial charge in [-0.2, -0.15) is 0 Å². The molecule has 0 bridgehead atoms. The van der Waals surface area contributed by atoms with E-state index >= 15 is 0 Å². The Balaban J connectivity index is 2.11. The van der Waals surface area contributed by atoms with Gasteiger partial charge in [-0.1, -0.05) is 33.1 Å². The quantitative estimate of drug-likeness (QED) is 0.752. The Kier molecular flexibility index (Phi) is 5.16. The van der Waals surface area contributed by atoms with E-state index in [2.05, 4.69) is 29.1 Å². The Morgan fingerprint density at radius 2 is 2.10 bits per heavy atom. The van der Waals surface area contributed by atoms with Crippen LogP contribution in [0.4, 0.5) is 11.5 Å². The third kappa shape index (κ3) is 3.59. The summed E-state index contributed by atoms with van der Waals surface area (Å²) < 4.78 is 0. The molecule has 3 N–H and O–H groups in total. The van der Waals surface area contributed by atoms with E-state index in [-0.39, 0.29) is 0 Å². The van der Waals surface area contributed by atoms with Gasteiger partial charge < -0.3 is 11.1 Å². The summed E-state index contributed by atoms with van der Waals surface area (Å²) in [5.41, 5.74) is 7.53. The topological polar surface area (TPSA) is 63.8 Å². The first-order valence-electron chi connectivity index (χ1n) is 7.48. The summed E-state index contributed by atoms with van der Waals surface area (Å²) in [6.07, 6.45) is 6.61. The summed E-state index contributed by atoms with van der Waals surface area (Å²) >= 11 is 0. The van der Waals surface area contributed by atoms with Crippen LogP contribution in [0.2, 0.25) is 0 Å². The van der Waals surface area contributed by atoms with E-state index in [1.807, 2.05) is 18.2 Å². The number of rotatable bonds is 7. The Hall–Kier alpha value is -1.84. The monoisotopic (exact) mass is 272 g/mol. The molecule has 0 saturated carbocycles. The van der Waals surface area contributed by atoms with Gasteiger partial charge in [0.1, 0.15) is 12.1 Å². The van der Waals surface area contributed by atoms with Crippen LogP contribution in [0.15, 0.2) is 24.5 Å². The molecule has 4 heteroatoms. The normalized spacial score (nSPS) is 12.5. The van der Waals surface area contributed by atoms with Gasteiger partial charge in [-0.3, -0.25) is 0 Å². The van der Waals surface area contributed by atoms with Gasteiger partial charge in [-0.15, -0.1) is 0 Å². The van der Waals surface area contributed by atoms with E-state index in [9.17, 15) is 0 Å². The minimum atomic E-state index is 0.695. The molecule has 1 atom stereocenters. The number of benzene rings is 1. The number of hydrogen-bond donors (Lipinski definition) is 2. The minimum Gasteiger partial charge on any atom is -0.399 e. The van der Waals surface area contributed by atoms with Crippen LogP contribution in [0.3, 0.4) is 0 Å². The van der Waals surface area contributed by atoms with E-state index < -0.39 is 0 Å². The lowest BCUT2D eigenvalue weighted by molar-refractivity contribution is 0.472. The smallest absolute Gasteiger partial charge is 0.137 e. The van der Waals surface area contributed by atoms with Crippen molar-refractivity contribution in [2.45, 2.75) is 39.5 Å². The fourth-order valence-electron chi connectivity index (χ4n) is 2.40. The van der Waals surface area contributed by atoms with Gasteiger partial charge in [0.05, 0.1) is 5.52 Å². The summed E-state index contributed by atoms with van der Waals surface area (Å²) in [6.45, 7) is 5.44. The first-order valence-corrected chi connectivity index (χ1v) is 7.48. The largest absolute Gasteiger partial charge is 0.399 e. The van der Waals surface area contributed by atoms with Crippen molar-refractivity contribution in [3.63, 3.8) is 0 Å². The van der Waals surface area contributed by atoms with Crippen LogP contribution in [0.1, 0.15) is 39.5 Å². The molecule has 1 aromatic carbocycles. The molecule has 0 radical (unpaired) electrons. The zero-order valence-corrected chi connectivity index (χ0v) is 12.4. The number of nitrogens with zero attached hydrogens (tertiary/aromatic N) is 2. The maximum Gasteiger partial charge on any atom is 0.137 e. The lowest BCUT2D eigenvalue weighted by Gasteiger charge is -2.16. The van der Waals surface area contributed by atoms with Crippen LogP contribution in [0.5, 0.6) is 0 Å². The maximum atomic E-state index is 5.86. The number of nitrogens with two attached hydrogens (primary N) is 1. The zero-order chi connectivity index (χ0) is 14.4. The van der Waals surface area contributed by atoms with Crippen molar-refractivity contribution < 1.29 is 0 Å². The van der Waals surface area contributed by atoms with Gasteiger partial charge in [0.2, 0.25) is 0 Å². The van der Waals surface area contributed by atoms with Crippen LogP contribution in [-0.2, 0) is 0 Å². The van der Waals surface area contributed by atoms with Gasteiger partial charge in [0.15, 0.2) is 0 Å². The first kappa shape index (κ1) is 14.6.